The highest BCUT2D eigenvalue weighted by Crippen LogP contribution is 2.27. The first kappa shape index (κ1) is 14.3. The molecule has 18 heavy (non-hydrogen) atoms. The van der Waals surface area contributed by atoms with Gasteiger partial charge in [0.2, 0.25) is 0 Å². The van der Waals surface area contributed by atoms with E-state index in [-0.39, 0.29) is 0 Å². The zero-order valence-electron chi connectivity index (χ0n) is 12.5. The molecule has 2 atom stereocenters. The number of nitrogens with one attached hydrogen (secondary N) is 1. The zero-order chi connectivity index (χ0) is 13.0. The van der Waals surface area contributed by atoms with Crippen LogP contribution in [0.3, 0.4) is 0 Å². The fourth-order valence-corrected chi connectivity index (χ4v) is 3.59. The summed E-state index contributed by atoms with van der Waals surface area (Å²) in [5.41, 5.74) is 0. The first-order valence-electron chi connectivity index (χ1n) is 7.84. The number of piperidine rings is 1. The van der Waals surface area contributed by atoms with Crippen LogP contribution in [0.15, 0.2) is 0 Å². The van der Waals surface area contributed by atoms with E-state index in [4.69, 9.17) is 0 Å². The van der Waals surface area contributed by atoms with Gasteiger partial charge in [0.05, 0.1) is 0 Å². The predicted molar refractivity (Wildman–Crippen MR) is 78.0 cm³/mol. The van der Waals surface area contributed by atoms with Crippen LogP contribution < -0.4 is 5.32 Å². The van der Waals surface area contributed by atoms with E-state index in [9.17, 15) is 0 Å². The Morgan fingerprint density at radius 2 is 1.83 bits per heavy atom. The van der Waals surface area contributed by atoms with Gasteiger partial charge in [0.15, 0.2) is 0 Å². The maximum absolute atomic E-state index is 3.69. The van der Waals surface area contributed by atoms with Crippen molar-refractivity contribution in [3.8, 4) is 0 Å². The third kappa shape index (κ3) is 3.69. The Balaban J connectivity index is 1.71. The van der Waals surface area contributed by atoms with Gasteiger partial charge in [-0.15, -0.1) is 0 Å². The van der Waals surface area contributed by atoms with E-state index in [1.165, 1.54) is 58.2 Å². The van der Waals surface area contributed by atoms with Gasteiger partial charge in [-0.2, -0.15) is 0 Å². The van der Waals surface area contributed by atoms with Gasteiger partial charge in [-0.3, -0.25) is 0 Å². The second-order valence-electron chi connectivity index (χ2n) is 6.35. The van der Waals surface area contributed by atoms with Crippen LogP contribution in [-0.2, 0) is 0 Å². The molecule has 2 aliphatic rings. The standard InChI is InChI=1S/C15H31N3/c1-4-9-16-13-5-6-15(12-13)18-10-7-14(8-11-18)17(2)3/h13-16H,4-12H2,1-3H3. The topological polar surface area (TPSA) is 18.5 Å². The van der Waals surface area contributed by atoms with Gasteiger partial charge in [0.1, 0.15) is 0 Å². The minimum absolute atomic E-state index is 0.793. The van der Waals surface area contributed by atoms with Crippen molar-refractivity contribution in [3.63, 3.8) is 0 Å². The Hall–Kier alpha value is -0.120. The van der Waals surface area contributed by atoms with E-state index < -0.39 is 0 Å². The van der Waals surface area contributed by atoms with E-state index >= 15 is 0 Å². The number of likely N-dealkylation sites (tertiary alicyclic amines) is 1. The molecule has 0 bridgehead atoms. The predicted octanol–water partition coefficient (Wildman–Crippen LogP) is 1.93. The first-order valence-corrected chi connectivity index (χ1v) is 7.84. The highest BCUT2D eigenvalue weighted by atomic mass is 15.2. The van der Waals surface area contributed by atoms with Crippen LogP contribution in [0, 0.1) is 0 Å². The average molecular weight is 253 g/mol. The molecule has 0 aromatic rings. The van der Waals surface area contributed by atoms with Crippen LogP contribution in [0.5, 0.6) is 0 Å². The normalized spacial score (nSPS) is 31.3. The zero-order valence-corrected chi connectivity index (χ0v) is 12.5. The molecule has 2 fully saturated rings. The van der Waals surface area contributed by atoms with Crippen LogP contribution in [0.25, 0.3) is 0 Å². The fraction of sp³-hybridized carbons (Fsp3) is 1.00. The highest BCUT2D eigenvalue weighted by Gasteiger charge is 2.31. The Bertz CT molecular complexity index is 234. The summed E-state index contributed by atoms with van der Waals surface area (Å²) < 4.78 is 0. The minimum Gasteiger partial charge on any atom is -0.314 e. The number of nitrogens with zero attached hydrogens (tertiary/aromatic N) is 2. The van der Waals surface area contributed by atoms with Crippen molar-refractivity contribution in [2.75, 3.05) is 33.7 Å². The van der Waals surface area contributed by atoms with Gasteiger partial charge in [0, 0.05) is 18.1 Å². The number of rotatable bonds is 5. The van der Waals surface area contributed by atoms with Crippen LogP contribution in [0.4, 0.5) is 0 Å². The molecule has 0 amide bonds. The lowest BCUT2D eigenvalue weighted by atomic mass is 10.0. The average Bonchev–Trinajstić information content (AvgIpc) is 2.85. The lowest BCUT2D eigenvalue weighted by molar-refractivity contribution is 0.109. The molecule has 0 spiro atoms. The van der Waals surface area contributed by atoms with Crippen molar-refractivity contribution in [1.29, 1.82) is 0 Å². The third-order valence-electron chi connectivity index (χ3n) is 4.83. The summed E-state index contributed by atoms with van der Waals surface area (Å²) >= 11 is 0. The molecule has 106 valence electrons. The second kappa shape index (κ2) is 6.88. The molecule has 0 aromatic heterocycles. The number of hydrogen-bond acceptors (Lipinski definition) is 3. The Morgan fingerprint density at radius 1 is 1.11 bits per heavy atom. The van der Waals surface area contributed by atoms with E-state index in [2.05, 4.69) is 36.1 Å². The fourth-order valence-electron chi connectivity index (χ4n) is 3.59. The van der Waals surface area contributed by atoms with Gasteiger partial charge >= 0.3 is 0 Å². The molecule has 1 N–H and O–H groups in total. The quantitative estimate of drug-likeness (QED) is 0.808. The van der Waals surface area contributed by atoms with Gasteiger partial charge in [-0.05, 0) is 72.3 Å². The van der Waals surface area contributed by atoms with E-state index in [1.807, 2.05) is 0 Å². The summed E-state index contributed by atoms with van der Waals surface area (Å²) in [6.07, 6.45) is 8.15. The van der Waals surface area contributed by atoms with Crippen molar-refractivity contribution in [2.45, 2.75) is 63.6 Å². The van der Waals surface area contributed by atoms with Gasteiger partial charge in [0.25, 0.3) is 0 Å². The summed E-state index contributed by atoms with van der Waals surface area (Å²) in [6, 6.07) is 2.47. The third-order valence-corrected chi connectivity index (χ3v) is 4.83. The maximum Gasteiger partial charge on any atom is 0.0113 e. The summed E-state index contributed by atoms with van der Waals surface area (Å²) in [6.45, 7) is 6.08. The van der Waals surface area contributed by atoms with E-state index in [1.54, 1.807) is 0 Å². The molecule has 3 heteroatoms. The molecular formula is C15H31N3. The smallest absolute Gasteiger partial charge is 0.0113 e. The maximum atomic E-state index is 3.69. The summed E-state index contributed by atoms with van der Waals surface area (Å²) in [4.78, 5) is 5.16. The molecule has 2 unspecified atom stereocenters. The summed E-state index contributed by atoms with van der Waals surface area (Å²) in [5.74, 6) is 0. The number of hydrogen-bond donors (Lipinski definition) is 1. The molecule has 1 heterocycles. The molecule has 1 saturated carbocycles. The van der Waals surface area contributed by atoms with Crippen LogP contribution in [0.1, 0.15) is 45.4 Å². The highest BCUT2D eigenvalue weighted by molar-refractivity contribution is 4.89. The molecule has 2 rings (SSSR count). The molecule has 0 aromatic carbocycles. The van der Waals surface area contributed by atoms with E-state index in [0.29, 0.717) is 0 Å². The van der Waals surface area contributed by atoms with Crippen molar-refractivity contribution >= 4 is 0 Å². The van der Waals surface area contributed by atoms with Crippen LogP contribution in [-0.4, -0.2) is 61.7 Å². The largest absolute Gasteiger partial charge is 0.314 e. The molecule has 1 aliphatic heterocycles. The Kier molecular flexibility index (Phi) is 5.46. The van der Waals surface area contributed by atoms with Crippen LogP contribution >= 0.6 is 0 Å². The first-order chi connectivity index (χ1) is 8.70. The monoisotopic (exact) mass is 253 g/mol. The van der Waals surface area contributed by atoms with Crippen molar-refractivity contribution < 1.29 is 0 Å². The molecule has 3 nitrogen and oxygen atoms in total. The lowest BCUT2D eigenvalue weighted by Crippen LogP contribution is -2.46. The Labute approximate surface area is 113 Å². The van der Waals surface area contributed by atoms with Gasteiger partial charge < -0.3 is 15.1 Å². The van der Waals surface area contributed by atoms with E-state index in [0.717, 1.165) is 18.1 Å². The molecular weight excluding hydrogens is 222 g/mol. The summed E-state index contributed by atoms with van der Waals surface area (Å²) in [5, 5.41) is 3.69. The van der Waals surface area contributed by atoms with Crippen molar-refractivity contribution in [2.24, 2.45) is 0 Å². The second-order valence-corrected chi connectivity index (χ2v) is 6.35. The SMILES string of the molecule is CCCNC1CCC(N2CCC(N(C)C)CC2)C1. The van der Waals surface area contributed by atoms with Crippen molar-refractivity contribution in [1.82, 2.24) is 15.1 Å². The molecule has 0 radical (unpaired) electrons. The molecule has 1 aliphatic carbocycles. The Morgan fingerprint density at radius 3 is 2.44 bits per heavy atom. The van der Waals surface area contributed by atoms with Crippen LogP contribution in [0.2, 0.25) is 0 Å². The van der Waals surface area contributed by atoms with Gasteiger partial charge in [-0.25, -0.2) is 0 Å². The van der Waals surface area contributed by atoms with Gasteiger partial charge in [-0.1, -0.05) is 6.92 Å². The molecule has 1 saturated heterocycles. The lowest BCUT2D eigenvalue weighted by Gasteiger charge is -2.38. The minimum atomic E-state index is 0.793. The van der Waals surface area contributed by atoms with Crippen molar-refractivity contribution in [3.05, 3.63) is 0 Å². The summed E-state index contributed by atoms with van der Waals surface area (Å²) in [7, 11) is 4.45.